The second-order valence-corrected chi connectivity index (χ2v) is 4.73. The first-order chi connectivity index (χ1) is 8.68. The summed E-state index contributed by atoms with van der Waals surface area (Å²) in [4.78, 5) is 3.87. The molecule has 5 unspecified atom stereocenters. The van der Waals surface area contributed by atoms with Gasteiger partial charge in [-0.15, -0.1) is 0 Å². The van der Waals surface area contributed by atoms with E-state index in [1.54, 1.807) is 12.1 Å². The van der Waals surface area contributed by atoms with Crippen LogP contribution in [0, 0.1) is 5.92 Å². The number of aromatic nitrogens is 3. The van der Waals surface area contributed by atoms with Crippen LogP contribution in [0.4, 0.5) is 10.2 Å². The largest absolute Gasteiger partial charge is 0.390 e. The summed E-state index contributed by atoms with van der Waals surface area (Å²) < 4.78 is 21.1. The molecule has 18 heavy (non-hydrogen) atoms. The Kier molecular flexibility index (Phi) is 1.80. The van der Waals surface area contributed by atoms with Gasteiger partial charge in [0.2, 0.25) is 0 Å². The van der Waals surface area contributed by atoms with E-state index < -0.39 is 24.3 Å². The Morgan fingerprint density at radius 1 is 1.44 bits per heavy atom. The first kappa shape index (κ1) is 10.2. The van der Waals surface area contributed by atoms with Gasteiger partial charge >= 0.3 is 0 Å². The average Bonchev–Trinajstić information content (AvgIpc) is 2.74. The molecule has 1 aliphatic carbocycles. The normalized spacial score (nSPS) is 38.0. The summed E-state index contributed by atoms with van der Waals surface area (Å²) in [6, 6.07) is 3.47. The number of nitrogen functional groups attached to an aromatic ring is 1. The van der Waals surface area contributed by atoms with Gasteiger partial charge in [-0.05, 0) is 12.1 Å². The molecule has 1 aliphatic heterocycles. The summed E-state index contributed by atoms with van der Waals surface area (Å²) in [5.41, 5.74) is 6.95. The molecular formula is C11H11FN4O2. The number of hydrogen-bond acceptors (Lipinski definition) is 5. The third-order valence-corrected chi connectivity index (χ3v) is 3.73. The van der Waals surface area contributed by atoms with E-state index in [0.29, 0.717) is 17.0 Å². The van der Waals surface area contributed by atoms with Gasteiger partial charge < -0.3 is 15.6 Å². The molecule has 7 heteroatoms. The highest BCUT2D eigenvalue weighted by Gasteiger charge is 2.64. The van der Waals surface area contributed by atoms with Gasteiger partial charge in [0, 0.05) is 0 Å². The van der Waals surface area contributed by atoms with E-state index in [0.717, 1.165) is 0 Å². The second kappa shape index (κ2) is 3.18. The molecule has 0 spiro atoms. The third kappa shape index (κ3) is 1.12. The van der Waals surface area contributed by atoms with E-state index in [4.69, 9.17) is 10.5 Å². The highest BCUT2D eigenvalue weighted by molar-refractivity contribution is 5.65. The maximum Gasteiger partial charge on any atom is 0.151 e. The average molecular weight is 250 g/mol. The lowest BCUT2D eigenvalue weighted by Crippen LogP contribution is -2.19. The zero-order valence-electron chi connectivity index (χ0n) is 9.27. The van der Waals surface area contributed by atoms with Crippen molar-refractivity contribution in [2.75, 3.05) is 5.73 Å². The Morgan fingerprint density at radius 3 is 3.00 bits per heavy atom. The summed E-state index contributed by atoms with van der Waals surface area (Å²) in [5.74, 6) is -0.0606. The number of aliphatic hydroxyl groups is 1. The lowest BCUT2D eigenvalue weighted by atomic mass is 10.1. The Hall–Kier alpha value is -1.73. The van der Waals surface area contributed by atoms with Gasteiger partial charge in [-0.2, -0.15) is 5.10 Å². The minimum atomic E-state index is -1.21. The van der Waals surface area contributed by atoms with Gasteiger partial charge in [-0.3, -0.25) is 0 Å². The number of nitrogens with zero attached hydrogens (tertiary/aromatic N) is 3. The zero-order chi connectivity index (χ0) is 12.4. The number of halogens is 1. The fourth-order valence-electron chi connectivity index (χ4n) is 2.70. The molecule has 4 rings (SSSR count). The fourth-order valence-corrected chi connectivity index (χ4v) is 2.70. The van der Waals surface area contributed by atoms with Crippen molar-refractivity contribution < 1.29 is 14.2 Å². The number of aliphatic hydroxyl groups excluding tert-OH is 1. The van der Waals surface area contributed by atoms with Crippen molar-refractivity contribution >= 4 is 11.3 Å². The maximum atomic E-state index is 14.1. The Morgan fingerprint density at radius 2 is 2.28 bits per heavy atom. The van der Waals surface area contributed by atoms with Crippen LogP contribution in [0.1, 0.15) is 11.8 Å². The highest BCUT2D eigenvalue weighted by Crippen LogP contribution is 2.53. The Bertz CT molecular complexity index is 631. The number of ether oxygens (including phenoxy) is 1. The molecule has 3 N–H and O–H groups in total. The minimum absolute atomic E-state index is 0.342. The van der Waals surface area contributed by atoms with Crippen LogP contribution in [0.15, 0.2) is 18.5 Å². The predicted molar refractivity (Wildman–Crippen MR) is 59.4 cm³/mol. The molecule has 0 bridgehead atoms. The molecule has 94 valence electrons. The van der Waals surface area contributed by atoms with Crippen LogP contribution in [0.2, 0.25) is 0 Å². The van der Waals surface area contributed by atoms with Gasteiger partial charge in [0.1, 0.15) is 24.1 Å². The van der Waals surface area contributed by atoms with Crippen molar-refractivity contribution in [3.05, 3.63) is 24.2 Å². The van der Waals surface area contributed by atoms with E-state index in [1.165, 1.54) is 10.8 Å². The highest BCUT2D eigenvalue weighted by atomic mass is 19.1. The zero-order valence-corrected chi connectivity index (χ0v) is 9.27. The van der Waals surface area contributed by atoms with Crippen LogP contribution in [0.3, 0.4) is 0 Å². The van der Waals surface area contributed by atoms with Crippen LogP contribution in [0.25, 0.3) is 5.52 Å². The third-order valence-electron chi connectivity index (χ3n) is 3.73. The molecule has 0 radical (unpaired) electrons. The lowest BCUT2D eigenvalue weighted by Gasteiger charge is -2.16. The number of hydrogen-bond donors (Lipinski definition) is 2. The Balaban J connectivity index is 1.78. The molecule has 3 heterocycles. The molecule has 0 amide bonds. The SMILES string of the molecule is Nc1ncnn2c(C3OC4C(O)C4C3F)ccc12. The molecule has 2 aromatic heterocycles. The number of fused-ring (bicyclic) bond motifs is 2. The molecule has 1 saturated carbocycles. The number of nitrogens with two attached hydrogens (primary N) is 1. The number of alkyl halides is 1. The van der Waals surface area contributed by atoms with E-state index in [1.807, 2.05) is 0 Å². The first-order valence-electron chi connectivity index (χ1n) is 5.74. The van der Waals surface area contributed by atoms with Crippen molar-refractivity contribution in [3.63, 3.8) is 0 Å². The summed E-state index contributed by atoms with van der Waals surface area (Å²) in [6.45, 7) is 0. The molecule has 2 aromatic rings. The molecule has 2 fully saturated rings. The van der Waals surface area contributed by atoms with E-state index in [2.05, 4.69) is 10.1 Å². The van der Waals surface area contributed by atoms with E-state index in [-0.39, 0.29) is 6.10 Å². The van der Waals surface area contributed by atoms with Crippen LogP contribution >= 0.6 is 0 Å². The van der Waals surface area contributed by atoms with Gasteiger partial charge in [-0.1, -0.05) is 0 Å². The molecule has 6 nitrogen and oxygen atoms in total. The smallest absolute Gasteiger partial charge is 0.151 e. The molecular weight excluding hydrogens is 239 g/mol. The number of anilines is 1. The standard InChI is InChI=1S/C11H11FN4O2/c12-7-6-8(17)10(6)18-9(7)4-1-2-5-11(13)14-3-15-16(4)5/h1-3,6-10,17H,(H2,13,14,15). The van der Waals surface area contributed by atoms with Crippen molar-refractivity contribution in [1.82, 2.24) is 14.6 Å². The fraction of sp³-hybridized carbons (Fsp3) is 0.455. The van der Waals surface area contributed by atoms with E-state index in [9.17, 15) is 9.50 Å². The minimum Gasteiger partial charge on any atom is -0.390 e. The first-order valence-corrected chi connectivity index (χ1v) is 5.74. The van der Waals surface area contributed by atoms with Gasteiger partial charge in [-0.25, -0.2) is 13.9 Å². The monoisotopic (exact) mass is 250 g/mol. The lowest BCUT2D eigenvalue weighted by molar-refractivity contribution is -0.00499. The summed E-state index contributed by atoms with van der Waals surface area (Å²) >= 11 is 0. The molecule has 5 atom stereocenters. The summed E-state index contributed by atoms with van der Waals surface area (Å²) in [7, 11) is 0. The molecule has 1 saturated heterocycles. The van der Waals surface area contributed by atoms with Crippen molar-refractivity contribution in [1.29, 1.82) is 0 Å². The molecule has 2 aliphatic rings. The van der Waals surface area contributed by atoms with Crippen LogP contribution in [-0.2, 0) is 4.74 Å². The van der Waals surface area contributed by atoms with Gasteiger partial charge in [0.25, 0.3) is 0 Å². The van der Waals surface area contributed by atoms with Gasteiger partial charge in [0.15, 0.2) is 5.82 Å². The topological polar surface area (TPSA) is 85.7 Å². The quantitative estimate of drug-likeness (QED) is 0.748. The van der Waals surface area contributed by atoms with Crippen molar-refractivity contribution in [2.24, 2.45) is 5.92 Å². The predicted octanol–water partition coefficient (Wildman–Crippen LogP) is 0.0802. The van der Waals surface area contributed by atoms with Crippen LogP contribution in [0.5, 0.6) is 0 Å². The van der Waals surface area contributed by atoms with E-state index >= 15 is 0 Å². The summed E-state index contributed by atoms with van der Waals surface area (Å²) in [6.07, 6.45) is -1.62. The Labute approximate surface area is 101 Å². The van der Waals surface area contributed by atoms with Crippen LogP contribution < -0.4 is 5.73 Å². The molecule has 0 aromatic carbocycles. The second-order valence-electron chi connectivity index (χ2n) is 4.73. The van der Waals surface area contributed by atoms with Crippen molar-refractivity contribution in [3.8, 4) is 0 Å². The summed E-state index contributed by atoms with van der Waals surface area (Å²) in [5, 5.41) is 13.4. The van der Waals surface area contributed by atoms with Gasteiger partial charge in [0.05, 0.1) is 23.8 Å². The number of rotatable bonds is 1. The van der Waals surface area contributed by atoms with Crippen molar-refractivity contribution in [2.45, 2.75) is 24.5 Å². The maximum absolute atomic E-state index is 14.1. The van der Waals surface area contributed by atoms with Crippen LogP contribution in [-0.4, -0.2) is 38.1 Å².